The molecule has 1 amide bonds. The van der Waals surface area contributed by atoms with Gasteiger partial charge in [0.25, 0.3) is 5.91 Å². The molecule has 7 heteroatoms. The Balaban J connectivity index is 1.94. The number of carbonyl (C=O) groups excluding carboxylic acids is 1. The molecular weight excluding hydrogens is 401 g/mol. The quantitative estimate of drug-likeness (QED) is 0.576. The van der Waals surface area contributed by atoms with Crippen molar-refractivity contribution in [1.29, 1.82) is 0 Å². The number of anilines is 1. The molecule has 0 unspecified atom stereocenters. The van der Waals surface area contributed by atoms with Gasteiger partial charge in [-0.2, -0.15) is 0 Å². The smallest absolute Gasteiger partial charge is 0.270 e. The largest absolute Gasteiger partial charge is 0.507 e. The summed E-state index contributed by atoms with van der Waals surface area (Å²) in [5.41, 5.74) is 1.15. The van der Waals surface area contributed by atoms with E-state index in [-0.39, 0.29) is 11.7 Å². The number of benzene rings is 2. The minimum Gasteiger partial charge on any atom is -0.507 e. The van der Waals surface area contributed by atoms with E-state index in [1.165, 1.54) is 29.2 Å². The summed E-state index contributed by atoms with van der Waals surface area (Å²) in [6, 6.07) is 10.7. The molecule has 0 aromatic heterocycles. The average Bonchev–Trinajstić information content (AvgIpc) is 2.77. The lowest BCUT2D eigenvalue weighted by atomic mass is 10.2. The van der Waals surface area contributed by atoms with Crippen molar-refractivity contribution >= 4 is 61.9 Å². The van der Waals surface area contributed by atoms with E-state index in [0.29, 0.717) is 19.4 Å². The maximum absolute atomic E-state index is 13.4. The van der Waals surface area contributed by atoms with Gasteiger partial charge >= 0.3 is 0 Å². The van der Waals surface area contributed by atoms with Gasteiger partial charge in [-0.05, 0) is 57.9 Å². The summed E-state index contributed by atoms with van der Waals surface area (Å²) in [7, 11) is 0. The molecule has 0 atom stereocenters. The number of hydrogen-bond acceptors (Lipinski definition) is 4. The lowest BCUT2D eigenvalue weighted by molar-refractivity contribution is -0.113. The Morgan fingerprint density at radius 1 is 1.26 bits per heavy atom. The van der Waals surface area contributed by atoms with Gasteiger partial charge in [0.15, 0.2) is 4.32 Å². The Labute approximate surface area is 149 Å². The van der Waals surface area contributed by atoms with E-state index in [2.05, 4.69) is 15.9 Å². The highest BCUT2D eigenvalue weighted by atomic mass is 79.9. The topological polar surface area (TPSA) is 40.5 Å². The van der Waals surface area contributed by atoms with E-state index in [1.54, 1.807) is 24.3 Å². The Bertz CT molecular complexity index is 854. The molecule has 1 aliphatic rings. The Hall–Kier alpha value is -1.70. The summed E-state index contributed by atoms with van der Waals surface area (Å²) in [4.78, 5) is 14.3. The number of hydrogen-bond donors (Lipinski definition) is 1. The maximum atomic E-state index is 13.4. The minimum atomic E-state index is -0.428. The van der Waals surface area contributed by atoms with Crippen molar-refractivity contribution < 1.29 is 14.3 Å². The molecule has 3 nitrogen and oxygen atoms in total. The number of aromatic hydroxyl groups is 1. The number of phenolic OH excluding ortho intramolecular Hbond substituents is 1. The van der Waals surface area contributed by atoms with Gasteiger partial charge in [0.05, 0.1) is 15.1 Å². The van der Waals surface area contributed by atoms with Crippen molar-refractivity contribution in [2.45, 2.75) is 0 Å². The second kappa shape index (κ2) is 6.43. The van der Waals surface area contributed by atoms with Crippen molar-refractivity contribution in [2.24, 2.45) is 0 Å². The molecule has 0 spiro atoms. The van der Waals surface area contributed by atoms with Gasteiger partial charge in [0.1, 0.15) is 11.6 Å². The molecule has 116 valence electrons. The van der Waals surface area contributed by atoms with Crippen LogP contribution in [0.15, 0.2) is 51.8 Å². The first-order valence-corrected chi connectivity index (χ1v) is 8.49. The van der Waals surface area contributed by atoms with Crippen LogP contribution in [0.4, 0.5) is 10.1 Å². The first-order valence-electron chi connectivity index (χ1n) is 6.48. The fraction of sp³-hybridized carbons (Fsp3) is 0. The van der Waals surface area contributed by atoms with Crippen molar-refractivity contribution in [1.82, 2.24) is 0 Å². The van der Waals surface area contributed by atoms with Crippen LogP contribution in [0.1, 0.15) is 5.56 Å². The van der Waals surface area contributed by atoms with Crippen molar-refractivity contribution in [3.05, 3.63) is 63.2 Å². The predicted molar refractivity (Wildman–Crippen MR) is 97.9 cm³/mol. The predicted octanol–water partition coefficient (Wildman–Crippen LogP) is 4.70. The van der Waals surface area contributed by atoms with Crippen LogP contribution >= 0.6 is 39.9 Å². The van der Waals surface area contributed by atoms with Gasteiger partial charge in [0.2, 0.25) is 0 Å². The highest BCUT2D eigenvalue weighted by Gasteiger charge is 2.33. The molecule has 1 fully saturated rings. The molecule has 2 aromatic carbocycles. The SMILES string of the molecule is O=C1/C(=C/c2ccc(O)c(Br)c2)SC(=S)N1c1cccc(F)c1. The highest BCUT2D eigenvalue weighted by molar-refractivity contribution is 9.10. The molecule has 1 saturated heterocycles. The first kappa shape index (κ1) is 16.2. The van der Waals surface area contributed by atoms with Crippen LogP contribution in [0.2, 0.25) is 0 Å². The van der Waals surface area contributed by atoms with E-state index in [9.17, 15) is 14.3 Å². The Morgan fingerprint density at radius 2 is 2.04 bits per heavy atom. The second-order valence-corrected chi connectivity index (χ2v) is 7.24. The van der Waals surface area contributed by atoms with Crippen LogP contribution in [-0.2, 0) is 4.79 Å². The molecule has 1 aliphatic heterocycles. The zero-order valence-corrected chi connectivity index (χ0v) is 14.7. The molecule has 0 bridgehead atoms. The Morgan fingerprint density at radius 3 is 2.74 bits per heavy atom. The van der Waals surface area contributed by atoms with Crippen LogP contribution in [-0.4, -0.2) is 15.3 Å². The van der Waals surface area contributed by atoms with Gasteiger partial charge in [-0.25, -0.2) is 4.39 Å². The number of thiocarbonyl (C=S) groups is 1. The lowest BCUT2D eigenvalue weighted by Crippen LogP contribution is -2.27. The van der Waals surface area contributed by atoms with Crippen LogP contribution < -0.4 is 4.90 Å². The van der Waals surface area contributed by atoms with E-state index in [4.69, 9.17) is 12.2 Å². The van der Waals surface area contributed by atoms with Gasteiger partial charge in [-0.1, -0.05) is 36.1 Å². The van der Waals surface area contributed by atoms with E-state index >= 15 is 0 Å². The number of nitrogens with zero attached hydrogens (tertiary/aromatic N) is 1. The van der Waals surface area contributed by atoms with E-state index in [0.717, 1.165) is 17.3 Å². The maximum Gasteiger partial charge on any atom is 0.270 e. The number of thioether (sulfide) groups is 1. The molecule has 0 radical (unpaired) electrons. The fourth-order valence-electron chi connectivity index (χ4n) is 2.07. The number of carbonyl (C=O) groups is 1. The van der Waals surface area contributed by atoms with Gasteiger partial charge in [0, 0.05) is 0 Å². The van der Waals surface area contributed by atoms with Gasteiger partial charge < -0.3 is 5.11 Å². The summed E-state index contributed by atoms with van der Waals surface area (Å²) >= 11 is 9.62. The third kappa shape index (κ3) is 3.31. The average molecular weight is 410 g/mol. The summed E-state index contributed by atoms with van der Waals surface area (Å²) in [5, 5.41) is 9.51. The fourth-order valence-corrected chi connectivity index (χ4v) is 3.77. The molecule has 3 rings (SSSR count). The number of amides is 1. The van der Waals surface area contributed by atoms with E-state index in [1.807, 2.05) is 0 Å². The normalized spacial score (nSPS) is 16.4. The minimum absolute atomic E-state index is 0.120. The number of halogens is 2. The van der Waals surface area contributed by atoms with Gasteiger partial charge in [-0.15, -0.1) is 0 Å². The van der Waals surface area contributed by atoms with Crippen molar-refractivity contribution in [3.63, 3.8) is 0 Å². The molecular formula is C16H9BrFNO2S2. The Kier molecular flexibility index (Phi) is 4.52. The molecule has 2 aromatic rings. The zero-order valence-electron chi connectivity index (χ0n) is 11.5. The highest BCUT2D eigenvalue weighted by Crippen LogP contribution is 2.36. The van der Waals surface area contributed by atoms with Crippen molar-refractivity contribution in [3.8, 4) is 5.75 Å². The molecule has 0 saturated carbocycles. The molecule has 1 N–H and O–H groups in total. The van der Waals surface area contributed by atoms with Crippen LogP contribution in [0.5, 0.6) is 5.75 Å². The molecule has 0 aliphatic carbocycles. The van der Waals surface area contributed by atoms with Crippen LogP contribution in [0, 0.1) is 5.82 Å². The monoisotopic (exact) mass is 409 g/mol. The van der Waals surface area contributed by atoms with Crippen LogP contribution in [0.3, 0.4) is 0 Å². The van der Waals surface area contributed by atoms with Crippen molar-refractivity contribution in [2.75, 3.05) is 4.90 Å². The summed E-state index contributed by atoms with van der Waals surface area (Å²) in [6.07, 6.45) is 1.68. The second-order valence-electron chi connectivity index (χ2n) is 4.71. The van der Waals surface area contributed by atoms with Crippen LogP contribution in [0.25, 0.3) is 6.08 Å². The summed E-state index contributed by atoms with van der Waals surface area (Å²) in [6.45, 7) is 0. The summed E-state index contributed by atoms with van der Waals surface area (Å²) in [5.74, 6) is -0.604. The number of phenols is 1. The summed E-state index contributed by atoms with van der Waals surface area (Å²) < 4.78 is 14.3. The first-order chi connectivity index (χ1) is 11.0. The third-order valence-electron chi connectivity index (χ3n) is 3.13. The standard InChI is InChI=1S/C16H9BrFNO2S2/c17-12-6-9(4-5-13(12)20)7-14-15(21)19(16(22)23-14)11-3-1-2-10(18)8-11/h1-8,20H/b14-7-. The van der Waals surface area contributed by atoms with E-state index < -0.39 is 5.82 Å². The molecule has 23 heavy (non-hydrogen) atoms. The lowest BCUT2D eigenvalue weighted by Gasteiger charge is -2.14. The third-order valence-corrected chi connectivity index (χ3v) is 5.07. The molecule has 1 heterocycles. The van der Waals surface area contributed by atoms with Gasteiger partial charge in [-0.3, -0.25) is 9.69 Å². The zero-order chi connectivity index (χ0) is 16.6. The number of rotatable bonds is 2.